The zero-order valence-electron chi connectivity index (χ0n) is 16.1. The van der Waals surface area contributed by atoms with Crippen molar-refractivity contribution in [3.05, 3.63) is 35.5 Å². The minimum Gasteiger partial charge on any atom is -0.379 e. The summed E-state index contributed by atoms with van der Waals surface area (Å²) in [5, 5.41) is 3.91. The molecule has 1 aliphatic rings. The molecule has 3 heterocycles. The van der Waals surface area contributed by atoms with E-state index < -0.39 is 0 Å². The van der Waals surface area contributed by atoms with Crippen molar-refractivity contribution >= 4 is 17.2 Å². The lowest BCUT2D eigenvalue weighted by Gasteiger charge is -2.38. The summed E-state index contributed by atoms with van der Waals surface area (Å²) < 4.78 is 5.50. The number of hydrogen-bond donors (Lipinski definition) is 1. The molecule has 0 saturated carbocycles. The lowest BCUT2D eigenvalue weighted by atomic mass is 9.92. The molecule has 0 bridgehead atoms. The highest BCUT2D eigenvalue weighted by atomic mass is 32.1. The largest absolute Gasteiger partial charge is 0.379 e. The van der Waals surface area contributed by atoms with E-state index in [9.17, 15) is 4.79 Å². The van der Waals surface area contributed by atoms with Crippen LogP contribution in [0.1, 0.15) is 36.4 Å². The molecule has 1 fully saturated rings. The normalized spacial score (nSPS) is 16.4. The lowest BCUT2D eigenvalue weighted by molar-refractivity contribution is 0.00192. The van der Waals surface area contributed by atoms with E-state index in [0.717, 1.165) is 49.8 Å². The summed E-state index contributed by atoms with van der Waals surface area (Å²) in [6.07, 6.45) is 5.60. The monoisotopic (exact) mass is 388 g/mol. The number of carbonyl (C=O) groups excluding carboxylic acids is 1. The molecule has 6 nitrogen and oxygen atoms in total. The Morgan fingerprint density at radius 3 is 2.70 bits per heavy atom. The van der Waals surface area contributed by atoms with E-state index in [1.54, 1.807) is 12.4 Å². The van der Waals surface area contributed by atoms with Crippen molar-refractivity contribution in [2.24, 2.45) is 5.92 Å². The molecule has 27 heavy (non-hydrogen) atoms. The van der Waals surface area contributed by atoms with Gasteiger partial charge in [0.2, 0.25) is 0 Å². The third kappa shape index (κ3) is 5.12. The molecule has 1 aliphatic heterocycles. The number of carbonyl (C=O) groups is 1. The van der Waals surface area contributed by atoms with Crippen LogP contribution in [0.4, 0.5) is 0 Å². The van der Waals surface area contributed by atoms with Gasteiger partial charge in [0.25, 0.3) is 5.91 Å². The Bertz CT molecular complexity index is 712. The van der Waals surface area contributed by atoms with Crippen molar-refractivity contribution in [3.8, 4) is 10.7 Å². The predicted molar refractivity (Wildman–Crippen MR) is 108 cm³/mol. The Balaban J connectivity index is 1.64. The van der Waals surface area contributed by atoms with Gasteiger partial charge >= 0.3 is 0 Å². The maximum Gasteiger partial charge on any atom is 0.263 e. The van der Waals surface area contributed by atoms with Crippen LogP contribution in [0.25, 0.3) is 10.7 Å². The molecule has 146 valence electrons. The highest BCUT2D eigenvalue weighted by molar-refractivity contribution is 7.16. The molecule has 0 spiro atoms. The van der Waals surface area contributed by atoms with Gasteiger partial charge in [-0.1, -0.05) is 32.8 Å². The highest BCUT2D eigenvalue weighted by Gasteiger charge is 2.27. The molecular formula is C20H28N4O2S. The number of nitrogens with one attached hydrogen (secondary N) is 1. The second-order valence-electron chi connectivity index (χ2n) is 6.75. The minimum atomic E-state index is -0.0566. The van der Waals surface area contributed by atoms with Crippen molar-refractivity contribution in [1.29, 1.82) is 0 Å². The number of hydrogen-bond acceptors (Lipinski definition) is 6. The van der Waals surface area contributed by atoms with E-state index in [0.29, 0.717) is 23.4 Å². The van der Waals surface area contributed by atoms with Crippen LogP contribution < -0.4 is 5.32 Å². The molecule has 0 aromatic carbocycles. The summed E-state index contributed by atoms with van der Waals surface area (Å²) in [7, 11) is 0. The number of nitrogens with zero attached hydrogens (tertiary/aromatic N) is 3. The maximum absolute atomic E-state index is 12.7. The average Bonchev–Trinajstić information content (AvgIpc) is 3.22. The van der Waals surface area contributed by atoms with E-state index in [-0.39, 0.29) is 5.91 Å². The molecule has 0 radical (unpaired) electrons. The zero-order valence-corrected chi connectivity index (χ0v) is 16.9. The third-order valence-corrected chi connectivity index (χ3v) is 6.21. The van der Waals surface area contributed by atoms with Gasteiger partial charge in [-0.05, 0) is 18.1 Å². The Kier molecular flexibility index (Phi) is 7.32. The fourth-order valence-electron chi connectivity index (χ4n) is 3.61. The van der Waals surface area contributed by atoms with Crippen LogP contribution in [-0.2, 0) is 4.74 Å². The van der Waals surface area contributed by atoms with Gasteiger partial charge in [0, 0.05) is 31.9 Å². The number of rotatable bonds is 8. The van der Waals surface area contributed by atoms with Crippen LogP contribution >= 0.6 is 11.3 Å². The molecule has 1 unspecified atom stereocenters. The number of pyridine rings is 1. The first-order valence-corrected chi connectivity index (χ1v) is 10.5. The lowest BCUT2D eigenvalue weighted by Crippen LogP contribution is -2.52. The Hall–Kier alpha value is -1.83. The topological polar surface area (TPSA) is 67.4 Å². The van der Waals surface area contributed by atoms with Crippen molar-refractivity contribution < 1.29 is 9.53 Å². The number of thiazole rings is 1. The van der Waals surface area contributed by atoms with Gasteiger partial charge in [0.05, 0.1) is 25.1 Å². The van der Waals surface area contributed by atoms with Gasteiger partial charge in [-0.2, -0.15) is 0 Å². The molecule has 7 heteroatoms. The number of aromatic nitrogens is 2. The van der Waals surface area contributed by atoms with Crippen LogP contribution in [-0.4, -0.2) is 59.7 Å². The Morgan fingerprint density at radius 1 is 1.26 bits per heavy atom. The van der Waals surface area contributed by atoms with E-state index in [1.807, 2.05) is 18.2 Å². The first-order valence-electron chi connectivity index (χ1n) is 9.70. The smallest absolute Gasteiger partial charge is 0.263 e. The van der Waals surface area contributed by atoms with E-state index >= 15 is 0 Å². The molecular weight excluding hydrogens is 360 g/mol. The first-order chi connectivity index (χ1) is 13.2. The SMILES string of the molecule is CCC(CC)C(CNC(=O)c1cnc(-c2ccccn2)s1)N1CCOCC1. The summed E-state index contributed by atoms with van der Waals surface area (Å²) in [5.41, 5.74) is 0.796. The fraction of sp³-hybridized carbons (Fsp3) is 0.550. The van der Waals surface area contributed by atoms with Gasteiger partial charge in [0.15, 0.2) is 0 Å². The van der Waals surface area contributed by atoms with E-state index in [1.165, 1.54) is 11.3 Å². The van der Waals surface area contributed by atoms with E-state index in [2.05, 4.69) is 34.0 Å². The van der Waals surface area contributed by atoms with Gasteiger partial charge in [-0.15, -0.1) is 11.3 Å². The quantitative estimate of drug-likeness (QED) is 0.753. The zero-order chi connectivity index (χ0) is 19.1. The summed E-state index contributed by atoms with van der Waals surface area (Å²) in [6, 6.07) is 6.04. The first kappa shape index (κ1) is 19.9. The highest BCUT2D eigenvalue weighted by Crippen LogP contribution is 2.23. The molecule has 1 atom stereocenters. The van der Waals surface area contributed by atoms with Gasteiger partial charge < -0.3 is 10.1 Å². The van der Waals surface area contributed by atoms with Crippen LogP contribution in [0.2, 0.25) is 0 Å². The molecule has 1 amide bonds. The average molecular weight is 389 g/mol. The Labute approximate surface area is 165 Å². The summed E-state index contributed by atoms with van der Waals surface area (Å²) >= 11 is 1.38. The molecule has 1 N–H and O–H groups in total. The molecule has 1 saturated heterocycles. The summed E-state index contributed by atoms with van der Waals surface area (Å²) in [6.45, 7) is 8.52. The fourth-order valence-corrected chi connectivity index (χ4v) is 4.42. The molecule has 2 aromatic heterocycles. The summed E-state index contributed by atoms with van der Waals surface area (Å²) in [4.78, 5) is 24.4. The van der Waals surface area contributed by atoms with E-state index in [4.69, 9.17) is 4.74 Å². The molecule has 2 aromatic rings. The summed E-state index contributed by atoms with van der Waals surface area (Å²) in [5.74, 6) is 0.507. The molecule has 0 aliphatic carbocycles. The number of morpholine rings is 1. The van der Waals surface area contributed by atoms with Crippen LogP contribution in [0, 0.1) is 5.92 Å². The number of ether oxygens (including phenoxy) is 1. The van der Waals surface area contributed by atoms with Gasteiger partial charge in [0.1, 0.15) is 9.88 Å². The van der Waals surface area contributed by atoms with Crippen LogP contribution in [0.5, 0.6) is 0 Å². The predicted octanol–water partition coefficient (Wildman–Crippen LogP) is 3.07. The minimum absolute atomic E-state index is 0.0566. The standard InChI is InChI=1S/C20H28N4O2S/c1-3-15(4-2)17(24-9-11-26-12-10-24)13-22-19(25)18-14-23-20(27-18)16-7-5-6-8-21-16/h5-8,14-15,17H,3-4,9-13H2,1-2H3,(H,22,25). The maximum atomic E-state index is 12.7. The van der Waals surface area contributed by atoms with Crippen LogP contribution in [0.3, 0.4) is 0 Å². The van der Waals surface area contributed by atoms with Gasteiger partial charge in [-0.25, -0.2) is 4.98 Å². The van der Waals surface area contributed by atoms with Crippen molar-refractivity contribution in [3.63, 3.8) is 0 Å². The molecule has 3 rings (SSSR count). The Morgan fingerprint density at radius 2 is 2.04 bits per heavy atom. The third-order valence-electron chi connectivity index (χ3n) is 5.19. The van der Waals surface area contributed by atoms with Crippen molar-refractivity contribution in [2.45, 2.75) is 32.7 Å². The van der Waals surface area contributed by atoms with Gasteiger partial charge in [-0.3, -0.25) is 14.7 Å². The van der Waals surface area contributed by atoms with Crippen LogP contribution in [0.15, 0.2) is 30.6 Å². The van der Waals surface area contributed by atoms with Crippen molar-refractivity contribution in [1.82, 2.24) is 20.2 Å². The second-order valence-corrected chi connectivity index (χ2v) is 7.78. The number of amides is 1. The van der Waals surface area contributed by atoms with Crippen molar-refractivity contribution in [2.75, 3.05) is 32.8 Å². The second kappa shape index (κ2) is 9.92.